The minimum atomic E-state index is -1.04. The molecule has 5 heteroatoms. The number of carboxylic acid groups (broad SMARTS) is 1. The van der Waals surface area contributed by atoms with Crippen LogP contribution in [0.3, 0.4) is 0 Å². The molecule has 0 atom stereocenters. The molecule has 1 aromatic carbocycles. The fourth-order valence-electron chi connectivity index (χ4n) is 2.86. The Morgan fingerprint density at radius 1 is 1.29 bits per heavy atom. The first-order valence-corrected chi connectivity index (χ1v) is 7.30. The number of carboxylic acids is 1. The summed E-state index contributed by atoms with van der Waals surface area (Å²) in [6.45, 7) is 5.69. The van der Waals surface area contributed by atoms with Gasteiger partial charge >= 0.3 is 12.0 Å². The van der Waals surface area contributed by atoms with E-state index in [4.69, 9.17) is 0 Å². The van der Waals surface area contributed by atoms with E-state index < -0.39 is 5.97 Å². The number of amides is 2. The second-order valence-electron chi connectivity index (χ2n) is 5.88. The van der Waals surface area contributed by atoms with Crippen molar-refractivity contribution in [2.24, 2.45) is 0 Å². The van der Waals surface area contributed by atoms with Crippen LogP contribution in [0.2, 0.25) is 0 Å². The number of nitrogens with one attached hydrogen (secondary N) is 2. The monoisotopic (exact) mass is 290 g/mol. The average Bonchev–Trinajstić information content (AvgIpc) is 2.36. The Morgan fingerprint density at radius 2 is 1.95 bits per heavy atom. The molecule has 1 fully saturated rings. The van der Waals surface area contributed by atoms with Crippen LogP contribution in [-0.2, 0) is 0 Å². The molecular formula is C16H22N2O3. The van der Waals surface area contributed by atoms with Gasteiger partial charge in [-0.3, -0.25) is 0 Å². The predicted molar refractivity (Wildman–Crippen MR) is 81.9 cm³/mol. The number of aryl methyl sites for hydroxylation is 2. The van der Waals surface area contributed by atoms with Gasteiger partial charge in [0.15, 0.2) is 0 Å². The molecule has 1 aliphatic carbocycles. The van der Waals surface area contributed by atoms with Crippen LogP contribution in [0.1, 0.15) is 54.1 Å². The second-order valence-corrected chi connectivity index (χ2v) is 5.88. The summed E-state index contributed by atoms with van der Waals surface area (Å²) in [5.74, 6) is -1.04. The molecule has 0 unspecified atom stereocenters. The van der Waals surface area contributed by atoms with Gasteiger partial charge in [0, 0.05) is 5.54 Å². The summed E-state index contributed by atoms with van der Waals surface area (Å²) in [4.78, 5) is 23.5. The molecule has 0 spiro atoms. The third kappa shape index (κ3) is 3.17. The van der Waals surface area contributed by atoms with E-state index in [9.17, 15) is 14.7 Å². The van der Waals surface area contributed by atoms with Gasteiger partial charge in [0.25, 0.3) is 0 Å². The van der Waals surface area contributed by atoms with E-state index in [0.717, 1.165) is 36.8 Å². The molecular weight excluding hydrogens is 268 g/mol. The first-order valence-electron chi connectivity index (χ1n) is 7.30. The van der Waals surface area contributed by atoms with E-state index in [0.29, 0.717) is 5.69 Å². The Hall–Kier alpha value is -2.04. The number of benzene rings is 1. The summed E-state index contributed by atoms with van der Waals surface area (Å²) in [6, 6.07) is 3.11. The minimum Gasteiger partial charge on any atom is -0.478 e. The van der Waals surface area contributed by atoms with Crippen LogP contribution in [0.15, 0.2) is 12.1 Å². The molecule has 5 nitrogen and oxygen atoms in total. The number of carbonyl (C=O) groups excluding carboxylic acids is 1. The Kier molecular flexibility index (Phi) is 4.21. The Bertz CT molecular complexity index is 572. The summed E-state index contributed by atoms with van der Waals surface area (Å²) in [7, 11) is 0. The molecule has 21 heavy (non-hydrogen) atoms. The van der Waals surface area contributed by atoms with Crippen molar-refractivity contribution in [3.63, 3.8) is 0 Å². The van der Waals surface area contributed by atoms with Crippen molar-refractivity contribution >= 4 is 17.7 Å². The Morgan fingerprint density at radius 3 is 2.43 bits per heavy atom. The van der Waals surface area contributed by atoms with Crippen molar-refractivity contribution in [2.75, 3.05) is 5.32 Å². The molecule has 0 heterocycles. The van der Waals surface area contributed by atoms with Gasteiger partial charge in [-0.2, -0.15) is 0 Å². The topological polar surface area (TPSA) is 78.4 Å². The van der Waals surface area contributed by atoms with Gasteiger partial charge in [0.05, 0.1) is 11.3 Å². The van der Waals surface area contributed by atoms with Crippen LogP contribution < -0.4 is 10.6 Å². The maximum atomic E-state index is 12.2. The third-order valence-corrected chi connectivity index (χ3v) is 4.31. The maximum absolute atomic E-state index is 12.2. The third-order valence-electron chi connectivity index (χ3n) is 4.31. The lowest BCUT2D eigenvalue weighted by molar-refractivity contribution is 0.0698. The van der Waals surface area contributed by atoms with Crippen molar-refractivity contribution in [2.45, 2.75) is 52.0 Å². The average molecular weight is 290 g/mol. The Labute approximate surface area is 124 Å². The number of hydrogen-bond donors (Lipinski definition) is 3. The highest BCUT2D eigenvalue weighted by Crippen LogP contribution is 2.34. The zero-order chi connectivity index (χ0) is 15.6. The van der Waals surface area contributed by atoms with Crippen LogP contribution in [-0.4, -0.2) is 22.6 Å². The summed E-state index contributed by atoms with van der Waals surface area (Å²) in [6.07, 6.45) is 3.97. The SMILES string of the molecule is CCC1(NC(=O)Nc2c(C)cc(C)cc2C(=O)O)CCC1. The van der Waals surface area contributed by atoms with Crippen molar-refractivity contribution in [1.29, 1.82) is 0 Å². The quantitative estimate of drug-likeness (QED) is 0.794. The van der Waals surface area contributed by atoms with Crippen molar-refractivity contribution < 1.29 is 14.7 Å². The molecule has 114 valence electrons. The predicted octanol–water partition coefficient (Wildman–Crippen LogP) is 3.46. The molecule has 2 amide bonds. The maximum Gasteiger partial charge on any atom is 0.337 e. The number of hydrogen-bond acceptors (Lipinski definition) is 2. The van der Waals surface area contributed by atoms with Crippen LogP contribution in [0, 0.1) is 13.8 Å². The molecule has 0 saturated heterocycles. The summed E-state index contributed by atoms with van der Waals surface area (Å²) in [5.41, 5.74) is 1.99. The van der Waals surface area contributed by atoms with Crippen LogP contribution in [0.25, 0.3) is 0 Å². The fourth-order valence-corrected chi connectivity index (χ4v) is 2.86. The number of carbonyl (C=O) groups is 2. The first kappa shape index (κ1) is 15.4. The van der Waals surface area contributed by atoms with Gasteiger partial charge in [-0.15, -0.1) is 0 Å². The second kappa shape index (κ2) is 5.76. The molecule has 1 saturated carbocycles. The molecule has 2 rings (SSSR count). The lowest BCUT2D eigenvalue weighted by Crippen LogP contribution is -2.54. The highest BCUT2D eigenvalue weighted by Gasteiger charge is 2.36. The number of anilines is 1. The summed E-state index contributed by atoms with van der Waals surface area (Å²) in [5, 5.41) is 15.0. The largest absolute Gasteiger partial charge is 0.478 e. The molecule has 0 aliphatic heterocycles. The normalized spacial score (nSPS) is 16.0. The van der Waals surface area contributed by atoms with Crippen molar-refractivity contribution in [3.8, 4) is 0 Å². The standard InChI is InChI=1S/C16H22N2O3/c1-4-16(6-5-7-16)18-15(21)17-13-11(3)8-10(2)9-12(13)14(19)20/h8-9H,4-7H2,1-3H3,(H,19,20)(H2,17,18,21). The van der Waals surface area contributed by atoms with Gasteiger partial charge in [0.1, 0.15) is 0 Å². The van der Waals surface area contributed by atoms with Crippen LogP contribution in [0.4, 0.5) is 10.5 Å². The van der Waals surface area contributed by atoms with E-state index in [-0.39, 0.29) is 17.1 Å². The summed E-state index contributed by atoms with van der Waals surface area (Å²) >= 11 is 0. The summed E-state index contributed by atoms with van der Waals surface area (Å²) < 4.78 is 0. The number of rotatable bonds is 4. The molecule has 3 N–H and O–H groups in total. The highest BCUT2D eigenvalue weighted by atomic mass is 16.4. The molecule has 1 aliphatic rings. The number of urea groups is 1. The van der Waals surface area contributed by atoms with Crippen molar-refractivity contribution in [1.82, 2.24) is 5.32 Å². The number of aromatic carboxylic acids is 1. The van der Waals surface area contributed by atoms with Gasteiger partial charge in [-0.1, -0.05) is 13.0 Å². The van der Waals surface area contributed by atoms with Crippen LogP contribution >= 0.6 is 0 Å². The van der Waals surface area contributed by atoms with E-state index >= 15 is 0 Å². The zero-order valence-corrected chi connectivity index (χ0v) is 12.7. The van der Waals surface area contributed by atoms with Gasteiger partial charge in [0.2, 0.25) is 0 Å². The van der Waals surface area contributed by atoms with E-state index in [2.05, 4.69) is 17.6 Å². The molecule has 0 radical (unpaired) electrons. The first-order chi connectivity index (χ1) is 9.87. The molecule has 0 bridgehead atoms. The molecule has 1 aromatic rings. The van der Waals surface area contributed by atoms with E-state index in [1.807, 2.05) is 13.0 Å². The van der Waals surface area contributed by atoms with Gasteiger partial charge in [-0.05, 0) is 56.7 Å². The molecule has 0 aromatic heterocycles. The van der Waals surface area contributed by atoms with Crippen LogP contribution in [0.5, 0.6) is 0 Å². The minimum absolute atomic E-state index is 0.119. The zero-order valence-electron chi connectivity index (χ0n) is 12.7. The Balaban J connectivity index is 2.19. The van der Waals surface area contributed by atoms with Gasteiger partial charge in [-0.25, -0.2) is 9.59 Å². The lowest BCUT2D eigenvalue weighted by atomic mass is 9.75. The van der Waals surface area contributed by atoms with E-state index in [1.165, 1.54) is 0 Å². The van der Waals surface area contributed by atoms with E-state index in [1.54, 1.807) is 13.0 Å². The fraction of sp³-hybridized carbons (Fsp3) is 0.500. The highest BCUT2D eigenvalue weighted by molar-refractivity contribution is 6.01. The van der Waals surface area contributed by atoms with Gasteiger partial charge < -0.3 is 15.7 Å². The lowest BCUT2D eigenvalue weighted by Gasteiger charge is -2.41. The van der Waals surface area contributed by atoms with Crippen molar-refractivity contribution in [3.05, 3.63) is 28.8 Å². The smallest absolute Gasteiger partial charge is 0.337 e.